The Kier molecular flexibility index (Phi) is 7.21. The third kappa shape index (κ3) is 5.81. The summed E-state index contributed by atoms with van der Waals surface area (Å²) in [4.78, 5) is 0. The average Bonchev–Trinajstić information content (AvgIpc) is 2.43. The number of oxime groups is 1. The monoisotopic (exact) mass is 359 g/mol. The fourth-order valence-corrected chi connectivity index (χ4v) is 2.77. The molecule has 5 atom stereocenters. The van der Waals surface area contributed by atoms with Crippen LogP contribution in [0.4, 0.5) is 0 Å². The van der Waals surface area contributed by atoms with Gasteiger partial charge in [-0.2, -0.15) is 8.42 Å². The lowest BCUT2D eigenvalue weighted by Crippen LogP contribution is -2.58. The van der Waals surface area contributed by atoms with E-state index in [1.165, 1.54) is 6.08 Å². The maximum atomic E-state index is 10.5. The quantitative estimate of drug-likeness (QED) is 0.120. The van der Waals surface area contributed by atoms with Crippen LogP contribution in [0.2, 0.25) is 0 Å². The van der Waals surface area contributed by atoms with Gasteiger partial charge in [-0.05, 0) is 0 Å². The molecular formula is C10H17NO9S2. The molecule has 128 valence electrons. The smallest absolute Gasteiger partial charge is 0.388 e. The number of hydrogen-bond donors (Lipinski definition) is 5. The Bertz CT molecular complexity index is 509. The van der Waals surface area contributed by atoms with E-state index in [0.717, 1.165) is 11.8 Å². The first kappa shape index (κ1) is 19.3. The molecular weight excluding hydrogens is 342 g/mol. The highest BCUT2D eigenvalue weighted by Gasteiger charge is 2.42. The molecule has 1 fully saturated rings. The lowest BCUT2D eigenvalue weighted by atomic mass is 10.0. The average molecular weight is 359 g/mol. The Labute approximate surface area is 131 Å². The molecule has 0 aromatic heterocycles. The molecule has 12 heteroatoms. The zero-order valence-corrected chi connectivity index (χ0v) is 12.9. The summed E-state index contributed by atoms with van der Waals surface area (Å²) in [6, 6.07) is 0. The highest BCUT2D eigenvalue weighted by Crippen LogP contribution is 2.24. The fraction of sp³-hybridized carbons (Fsp3) is 0.700. The zero-order valence-electron chi connectivity index (χ0n) is 11.2. The summed E-state index contributed by atoms with van der Waals surface area (Å²) < 4.78 is 38.2. The Morgan fingerprint density at radius 2 is 1.91 bits per heavy atom. The largest absolute Gasteiger partial charge is 0.466 e. The lowest BCUT2D eigenvalue weighted by Gasteiger charge is -2.38. The van der Waals surface area contributed by atoms with Crippen molar-refractivity contribution in [3.8, 4) is 0 Å². The number of allylic oxidation sites excluding steroid dienone is 1. The number of ether oxygens (including phenoxy) is 1. The van der Waals surface area contributed by atoms with Crippen LogP contribution in [0.25, 0.3) is 0 Å². The van der Waals surface area contributed by atoms with Gasteiger partial charge in [0.25, 0.3) is 0 Å². The minimum absolute atomic E-state index is 0.0382. The molecule has 0 aromatic rings. The molecule has 0 unspecified atom stereocenters. The molecule has 5 N–H and O–H groups in total. The van der Waals surface area contributed by atoms with Crippen LogP contribution < -0.4 is 0 Å². The van der Waals surface area contributed by atoms with Crippen molar-refractivity contribution in [3.05, 3.63) is 12.7 Å². The second-order valence-electron chi connectivity index (χ2n) is 4.33. The maximum absolute atomic E-state index is 10.5. The third-order valence-electron chi connectivity index (χ3n) is 2.65. The van der Waals surface area contributed by atoms with Crippen LogP contribution in [-0.4, -0.2) is 74.9 Å². The van der Waals surface area contributed by atoms with E-state index >= 15 is 0 Å². The molecule has 1 aliphatic rings. The Morgan fingerprint density at radius 1 is 1.27 bits per heavy atom. The van der Waals surface area contributed by atoms with Gasteiger partial charge in [0.2, 0.25) is 0 Å². The minimum Gasteiger partial charge on any atom is -0.388 e. The van der Waals surface area contributed by atoms with Crippen LogP contribution in [0.5, 0.6) is 0 Å². The second-order valence-corrected chi connectivity index (χ2v) is 6.43. The first-order valence-electron chi connectivity index (χ1n) is 6.00. The summed E-state index contributed by atoms with van der Waals surface area (Å²) in [6.07, 6.45) is -5.90. The van der Waals surface area contributed by atoms with Crippen LogP contribution in [0.3, 0.4) is 0 Å². The Morgan fingerprint density at radius 3 is 2.45 bits per heavy atom. The molecule has 0 spiro atoms. The van der Waals surface area contributed by atoms with Gasteiger partial charge in [0.15, 0.2) is 6.29 Å². The summed E-state index contributed by atoms with van der Waals surface area (Å²) in [5, 5.41) is 41.3. The number of rotatable bonds is 6. The van der Waals surface area contributed by atoms with Crippen molar-refractivity contribution in [2.75, 3.05) is 5.75 Å². The topological polar surface area (TPSA) is 166 Å². The van der Waals surface area contributed by atoms with Crippen LogP contribution in [-0.2, 0) is 19.4 Å². The number of thioether (sulfide) groups is 1. The Hall–Kier alpha value is -0.730. The number of hydrogen-bond acceptors (Lipinski definition) is 10. The van der Waals surface area contributed by atoms with Crippen molar-refractivity contribution in [1.82, 2.24) is 0 Å². The van der Waals surface area contributed by atoms with Crippen LogP contribution >= 0.6 is 11.8 Å². The molecule has 1 saturated heterocycles. The van der Waals surface area contributed by atoms with Gasteiger partial charge in [0.1, 0.15) is 23.4 Å². The van der Waals surface area contributed by atoms with Gasteiger partial charge in [0, 0.05) is 12.2 Å². The molecule has 0 amide bonds. The molecule has 0 saturated carbocycles. The van der Waals surface area contributed by atoms with Crippen molar-refractivity contribution < 1.29 is 42.4 Å². The van der Waals surface area contributed by atoms with Crippen LogP contribution in [0, 0.1) is 0 Å². The van der Waals surface area contributed by atoms with Gasteiger partial charge < -0.3 is 25.2 Å². The summed E-state index contributed by atoms with van der Waals surface area (Å²) in [7, 11) is -4.75. The van der Waals surface area contributed by atoms with Crippen molar-refractivity contribution >= 4 is 27.2 Å². The molecule has 0 aromatic carbocycles. The van der Waals surface area contributed by atoms with Crippen molar-refractivity contribution in [2.24, 2.45) is 5.16 Å². The predicted octanol–water partition coefficient (Wildman–Crippen LogP) is -1.77. The number of aliphatic hydroxyl groups is 4. The summed E-state index contributed by atoms with van der Waals surface area (Å²) in [6.45, 7) is 3.43. The molecule has 0 radical (unpaired) electrons. The zero-order chi connectivity index (χ0) is 16.9. The maximum Gasteiger partial charge on any atom is 0.466 e. The van der Waals surface area contributed by atoms with Crippen LogP contribution in [0.15, 0.2) is 17.8 Å². The number of nitrogens with zero attached hydrogens (tertiary/aromatic N) is 1. The highest BCUT2D eigenvalue weighted by atomic mass is 32.3. The molecule has 1 aliphatic heterocycles. The van der Waals surface area contributed by atoms with Crippen molar-refractivity contribution in [1.29, 1.82) is 0 Å². The van der Waals surface area contributed by atoms with Crippen molar-refractivity contribution in [2.45, 2.75) is 37.1 Å². The highest BCUT2D eigenvalue weighted by molar-refractivity contribution is 8.14. The second kappa shape index (κ2) is 8.21. The first-order valence-corrected chi connectivity index (χ1v) is 8.35. The summed E-state index contributed by atoms with van der Waals surface area (Å²) in [5.41, 5.74) is 0. The van der Waals surface area contributed by atoms with E-state index in [9.17, 15) is 28.8 Å². The molecule has 1 heterocycles. The fourth-order valence-electron chi connectivity index (χ4n) is 1.58. The Balaban J connectivity index is 2.66. The van der Waals surface area contributed by atoms with E-state index in [1.807, 2.05) is 0 Å². The van der Waals surface area contributed by atoms with Gasteiger partial charge in [-0.1, -0.05) is 11.2 Å². The van der Waals surface area contributed by atoms with Gasteiger partial charge in [-0.25, -0.2) is 4.28 Å². The van der Waals surface area contributed by atoms with E-state index in [-0.39, 0.29) is 17.2 Å². The van der Waals surface area contributed by atoms with Crippen molar-refractivity contribution in [3.63, 3.8) is 0 Å². The standard InChI is InChI=1S/C10H17NO9S2/c1-2-3-6(11-20-22(16,17)18)21-4-5-7(12)8(13)9(14)10(15)19-5/h2,5,7-10,12-15H,1,3-4H2,(H,16,17,18)/b11-6-/t5-,7-,8+,9-,10-/m1/s1. The summed E-state index contributed by atoms with van der Waals surface area (Å²) >= 11 is 0.892. The van der Waals surface area contributed by atoms with E-state index in [0.29, 0.717) is 0 Å². The molecule has 22 heavy (non-hydrogen) atoms. The SMILES string of the molecule is C=CC/C(=N/OS(=O)(=O)O)SC[C@H]1O[C@@H](O)[C@H](O)[C@@H](O)[C@@H]1O. The minimum atomic E-state index is -4.75. The number of aliphatic hydroxyl groups excluding tert-OH is 4. The van der Waals surface area contributed by atoms with Gasteiger partial charge in [-0.15, -0.1) is 18.3 Å². The summed E-state index contributed by atoms with van der Waals surface area (Å²) in [5.74, 6) is -0.0382. The van der Waals surface area contributed by atoms with E-state index in [1.54, 1.807) is 0 Å². The van der Waals surface area contributed by atoms with Gasteiger partial charge in [0.05, 0.1) is 6.10 Å². The molecule has 10 nitrogen and oxygen atoms in total. The van der Waals surface area contributed by atoms with Crippen LogP contribution in [0.1, 0.15) is 6.42 Å². The lowest BCUT2D eigenvalue weighted by molar-refractivity contribution is -0.276. The van der Waals surface area contributed by atoms with E-state index in [2.05, 4.69) is 16.0 Å². The van der Waals surface area contributed by atoms with E-state index < -0.39 is 41.1 Å². The van der Waals surface area contributed by atoms with Gasteiger partial charge in [-0.3, -0.25) is 4.55 Å². The normalized spacial score (nSPS) is 33.5. The molecule has 0 aliphatic carbocycles. The molecule has 1 rings (SSSR count). The molecule has 0 bridgehead atoms. The predicted molar refractivity (Wildman–Crippen MR) is 76.2 cm³/mol. The van der Waals surface area contributed by atoms with E-state index in [4.69, 9.17) is 9.29 Å². The first-order chi connectivity index (χ1) is 10.2. The van der Waals surface area contributed by atoms with Gasteiger partial charge >= 0.3 is 10.4 Å². The third-order valence-corrected chi connectivity index (χ3v) is 3.99.